The molecule has 0 aliphatic heterocycles. The molecule has 236 valence electrons. The lowest BCUT2D eigenvalue weighted by Gasteiger charge is -2.35. The van der Waals surface area contributed by atoms with Gasteiger partial charge in [0, 0.05) is 27.2 Å². The minimum Gasteiger partial charge on any atom is -0.451 e. The van der Waals surface area contributed by atoms with Crippen molar-refractivity contribution in [3.63, 3.8) is 0 Å². The van der Waals surface area contributed by atoms with Crippen LogP contribution in [-0.4, -0.2) is 17.7 Å². The average molecular weight is 623 g/mol. The molecule has 3 aromatic rings. The van der Waals surface area contributed by atoms with E-state index in [0.717, 1.165) is 87.5 Å². The van der Waals surface area contributed by atoms with Crippen molar-refractivity contribution in [3.05, 3.63) is 125 Å². The molecular formula is C40H46O4S. The number of carbonyl (C=O) groups is 2. The normalized spacial score (nSPS) is 20.9. The third kappa shape index (κ3) is 7.30. The predicted molar refractivity (Wildman–Crippen MR) is 183 cm³/mol. The second-order valence-electron chi connectivity index (χ2n) is 12.7. The van der Waals surface area contributed by atoms with Crippen LogP contribution in [0.1, 0.15) is 99.5 Å². The number of hydrogen-bond acceptors (Lipinski definition) is 5. The van der Waals surface area contributed by atoms with Crippen LogP contribution in [0.2, 0.25) is 0 Å². The first-order valence-electron chi connectivity index (χ1n) is 16.4. The number of ether oxygens (including phenoxy) is 2. The van der Waals surface area contributed by atoms with Gasteiger partial charge >= 0.3 is 11.9 Å². The Morgan fingerprint density at radius 2 is 1.40 bits per heavy atom. The Bertz CT molecular complexity index is 1540. The van der Waals surface area contributed by atoms with Crippen molar-refractivity contribution >= 4 is 23.7 Å². The molecule has 0 bridgehead atoms. The Morgan fingerprint density at radius 3 is 2.18 bits per heavy atom. The maximum Gasteiger partial charge on any atom is 0.334 e. The standard InChI is InChI=1S/C40H46O4S/c1-29(2)37(41)43-39(25-12-10-18-31-17-8-9-22-34(31)39)26-14-15-28-45-36-24-16-23-35-33(36)21-11-13-27-40(35,44-38(42)30(3)4)32-19-6-5-7-20-32/h5-9,16-17,19-20,22-24H,1,3,10-15,18,21,25-28H2,2,4H3. The molecule has 2 atom stereocenters. The Kier molecular flexibility index (Phi) is 10.7. The first kappa shape index (κ1) is 32.8. The Morgan fingerprint density at radius 1 is 0.733 bits per heavy atom. The maximum absolute atomic E-state index is 13.0. The molecule has 0 saturated heterocycles. The summed E-state index contributed by atoms with van der Waals surface area (Å²) in [6.45, 7) is 11.2. The van der Waals surface area contributed by atoms with Gasteiger partial charge in [-0.3, -0.25) is 0 Å². The van der Waals surface area contributed by atoms with Crippen molar-refractivity contribution in [1.29, 1.82) is 0 Å². The molecule has 0 amide bonds. The molecule has 3 aromatic carbocycles. The van der Waals surface area contributed by atoms with Crippen LogP contribution >= 0.6 is 11.8 Å². The maximum atomic E-state index is 13.0. The minimum atomic E-state index is -0.841. The summed E-state index contributed by atoms with van der Waals surface area (Å²) in [5.41, 5.74) is 5.23. The van der Waals surface area contributed by atoms with Crippen LogP contribution in [0.15, 0.2) is 102 Å². The van der Waals surface area contributed by atoms with Gasteiger partial charge in [-0.1, -0.05) is 79.9 Å². The molecule has 0 spiro atoms. The van der Waals surface area contributed by atoms with Crippen molar-refractivity contribution in [1.82, 2.24) is 0 Å². The van der Waals surface area contributed by atoms with Crippen molar-refractivity contribution in [3.8, 4) is 0 Å². The van der Waals surface area contributed by atoms with Crippen molar-refractivity contribution in [2.45, 2.75) is 101 Å². The number of benzene rings is 3. The number of aryl methyl sites for hydroxylation is 1. The lowest BCUT2D eigenvalue weighted by molar-refractivity contribution is -0.158. The highest BCUT2D eigenvalue weighted by Crippen LogP contribution is 2.46. The fourth-order valence-corrected chi connectivity index (χ4v) is 8.11. The van der Waals surface area contributed by atoms with E-state index in [0.29, 0.717) is 11.1 Å². The number of thioether (sulfide) groups is 1. The number of hydrogen-bond donors (Lipinski definition) is 0. The first-order chi connectivity index (χ1) is 21.8. The summed E-state index contributed by atoms with van der Waals surface area (Å²) in [6.07, 6.45) is 10.4. The van der Waals surface area contributed by atoms with E-state index in [4.69, 9.17) is 9.47 Å². The number of esters is 2. The zero-order valence-corrected chi connectivity index (χ0v) is 27.7. The van der Waals surface area contributed by atoms with E-state index in [-0.39, 0.29) is 11.9 Å². The van der Waals surface area contributed by atoms with E-state index in [1.165, 1.54) is 21.6 Å². The quantitative estimate of drug-likeness (QED) is 0.0701. The SMILES string of the molecule is C=C(C)C(=O)OC1(CCCCSc2cccc3c2CCCCC3(OC(=O)C(=C)C)c2ccccc2)CCCCc2ccccc21. The third-order valence-electron chi connectivity index (χ3n) is 9.28. The second-order valence-corrected chi connectivity index (χ2v) is 13.8. The van der Waals surface area contributed by atoms with Crippen LogP contribution in [0.4, 0.5) is 0 Å². The van der Waals surface area contributed by atoms with Gasteiger partial charge in [0.1, 0.15) is 5.60 Å². The topological polar surface area (TPSA) is 52.6 Å². The molecule has 0 heterocycles. The molecule has 4 nitrogen and oxygen atoms in total. The largest absolute Gasteiger partial charge is 0.451 e. The van der Waals surface area contributed by atoms with Crippen LogP contribution in [0.3, 0.4) is 0 Å². The molecule has 45 heavy (non-hydrogen) atoms. The molecule has 0 N–H and O–H groups in total. The minimum absolute atomic E-state index is 0.303. The van der Waals surface area contributed by atoms with Gasteiger partial charge in [-0.2, -0.15) is 0 Å². The number of unbranched alkanes of at least 4 members (excludes halogenated alkanes) is 1. The zero-order valence-electron chi connectivity index (χ0n) is 26.9. The van der Waals surface area contributed by atoms with E-state index >= 15 is 0 Å². The van der Waals surface area contributed by atoms with E-state index < -0.39 is 11.2 Å². The fourth-order valence-electron chi connectivity index (χ4n) is 6.98. The highest BCUT2D eigenvalue weighted by molar-refractivity contribution is 7.99. The van der Waals surface area contributed by atoms with E-state index in [9.17, 15) is 9.59 Å². The monoisotopic (exact) mass is 622 g/mol. The van der Waals surface area contributed by atoms with Gasteiger partial charge in [-0.05, 0) is 113 Å². The molecule has 2 aliphatic rings. The van der Waals surface area contributed by atoms with Crippen LogP contribution in [-0.2, 0) is 43.1 Å². The van der Waals surface area contributed by atoms with Gasteiger partial charge in [0.2, 0.25) is 0 Å². The van der Waals surface area contributed by atoms with E-state index in [2.05, 4.69) is 67.8 Å². The fraction of sp³-hybridized carbons (Fsp3) is 0.400. The predicted octanol–water partition coefficient (Wildman–Crippen LogP) is 9.78. The van der Waals surface area contributed by atoms with Gasteiger partial charge in [-0.25, -0.2) is 9.59 Å². The Balaban J connectivity index is 1.36. The molecule has 2 aliphatic carbocycles. The van der Waals surface area contributed by atoms with Gasteiger partial charge in [0.15, 0.2) is 5.60 Å². The van der Waals surface area contributed by atoms with E-state index in [1.807, 2.05) is 30.0 Å². The summed E-state index contributed by atoms with van der Waals surface area (Å²) < 4.78 is 12.7. The van der Waals surface area contributed by atoms with Gasteiger partial charge in [0.25, 0.3) is 0 Å². The smallest absolute Gasteiger partial charge is 0.334 e. The number of carbonyl (C=O) groups excluding carboxylic acids is 2. The lowest BCUT2D eigenvalue weighted by Crippen LogP contribution is -2.34. The summed E-state index contributed by atoms with van der Waals surface area (Å²) in [4.78, 5) is 27.2. The molecule has 0 fully saturated rings. The van der Waals surface area contributed by atoms with Crippen LogP contribution in [0, 0.1) is 0 Å². The van der Waals surface area contributed by atoms with Gasteiger partial charge < -0.3 is 9.47 Å². The highest BCUT2D eigenvalue weighted by atomic mass is 32.2. The van der Waals surface area contributed by atoms with Crippen LogP contribution in [0.25, 0.3) is 0 Å². The van der Waals surface area contributed by atoms with Crippen molar-refractivity contribution < 1.29 is 19.1 Å². The number of fused-ring (bicyclic) bond motifs is 2. The summed E-state index contributed by atoms with van der Waals surface area (Å²) in [5, 5.41) is 0. The third-order valence-corrected chi connectivity index (χ3v) is 10.5. The molecule has 5 rings (SSSR count). The molecule has 0 saturated carbocycles. The van der Waals surface area contributed by atoms with Gasteiger partial charge in [0.05, 0.1) is 0 Å². The Labute approximate surface area is 273 Å². The zero-order chi connectivity index (χ0) is 31.9. The van der Waals surface area contributed by atoms with Crippen molar-refractivity contribution in [2.75, 3.05) is 5.75 Å². The highest BCUT2D eigenvalue weighted by Gasteiger charge is 2.42. The Hall–Kier alpha value is -3.57. The number of rotatable bonds is 11. The van der Waals surface area contributed by atoms with Crippen molar-refractivity contribution in [2.24, 2.45) is 0 Å². The molecule has 2 unspecified atom stereocenters. The first-order valence-corrected chi connectivity index (χ1v) is 17.4. The second kappa shape index (κ2) is 14.7. The molecule has 0 aromatic heterocycles. The summed E-state index contributed by atoms with van der Waals surface area (Å²) >= 11 is 1.88. The molecule has 5 heteroatoms. The summed E-state index contributed by atoms with van der Waals surface area (Å²) in [6, 6.07) is 25.1. The summed E-state index contributed by atoms with van der Waals surface area (Å²) in [7, 11) is 0. The van der Waals surface area contributed by atoms with Gasteiger partial charge in [-0.15, -0.1) is 11.8 Å². The van der Waals surface area contributed by atoms with Crippen LogP contribution < -0.4 is 0 Å². The average Bonchev–Trinajstić information content (AvgIpc) is 3.34. The lowest BCUT2D eigenvalue weighted by atomic mass is 9.81. The van der Waals surface area contributed by atoms with Crippen LogP contribution in [0.5, 0.6) is 0 Å². The summed E-state index contributed by atoms with van der Waals surface area (Å²) in [5.74, 6) is 0.292. The molecular weight excluding hydrogens is 577 g/mol. The van der Waals surface area contributed by atoms with E-state index in [1.54, 1.807) is 13.8 Å². The molecule has 0 radical (unpaired) electrons.